The second kappa shape index (κ2) is 13.6. The fourth-order valence-corrected chi connectivity index (χ4v) is 11.2. The van der Waals surface area contributed by atoms with Crippen LogP contribution in [0.25, 0.3) is 131 Å². The number of hydrogen-bond acceptors (Lipinski definition) is 5. The standard InChI is InChI=1S/C57H33N5OS/c1-3-16-34(17-4-1)44-32-36(33-48-51(44)41-22-9-13-27-47(41)63-48)61-45-25-11-7-20-37(45)39-30-31-40-38-21-8-12-26-46(38)62(54(40)53(39)61)57-59-55(35-18-5-2-6-19-35)58-56(60-57)43-24-15-29-50-52(43)42-23-10-14-28-49(42)64-50/h1-33H. The summed E-state index contributed by atoms with van der Waals surface area (Å²) in [5.74, 6) is 1.78. The molecule has 0 saturated carbocycles. The number of thiophene rings is 1. The van der Waals surface area contributed by atoms with Gasteiger partial charge in [0.1, 0.15) is 11.2 Å². The number of nitrogens with zero attached hydrogens (tertiary/aromatic N) is 5. The molecule has 0 radical (unpaired) electrons. The Kier molecular flexibility index (Phi) is 7.46. The van der Waals surface area contributed by atoms with Gasteiger partial charge in [0.15, 0.2) is 11.6 Å². The van der Waals surface area contributed by atoms with Crippen LogP contribution >= 0.6 is 11.3 Å². The molecule has 0 saturated heterocycles. The number of fused-ring (bicyclic) bond motifs is 13. The predicted molar refractivity (Wildman–Crippen MR) is 265 cm³/mol. The summed E-state index contributed by atoms with van der Waals surface area (Å²) in [6.07, 6.45) is 0. The summed E-state index contributed by atoms with van der Waals surface area (Å²) in [6.45, 7) is 0. The topological polar surface area (TPSA) is 61.7 Å². The van der Waals surface area contributed by atoms with E-state index >= 15 is 0 Å². The number of furan rings is 1. The van der Waals surface area contributed by atoms with E-state index in [2.05, 4.69) is 185 Å². The van der Waals surface area contributed by atoms with Gasteiger partial charge in [-0.05, 0) is 47.5 Å². The van der Waals surface area contributed by atoms with Gasteiger partial charge in [0.2, 0.25) is 5.95 Å². The molecule has 14 aromatic rings. The third kappa shape index (κ3) is 5.10. The first-order valence-electron chi connectivity index (χ1n) is 21.4. The molecule has 0 aliphatic heterocycles. The quantitative estimate of drug-likeness (QED) is 0.173. The van der Waals surface area contributed by atoms with Gasteiger partial charge >= 0.3 is 0 Å². The van der Waals surface area contributed by atoms with Crippen LogP contribution in [0.15, 0.2) is 205 Å². The summed E-state index contributed by atoms with van der Waals surface area (Å²) in [4.78, 5) is 16.2. The normalized spacial score (nSPS) is 12.1. The van der Waals surface area contributed by atoms with Crippen LogP contribution < -0.4 is 0 Å². The van der Waals surface area contributed by atoms with Crippen molar-refractivity contribution < 1.29 is 4.42 Å². The first-order valence-corrected chi connectivity index (χ1v) is 22.3. The number of benzene rings is 9. The molecule has 6 nitrogen and oxygen atoms in total. The first-order chi connectivity index (χ1) is 31.7. The van der Waals surface area contributed by atoms with Crippen LogP contribution in [-0.2, 0) is 0 Å². The van der Waals surface area contributed by atoms with Crippen molar-refractivity contribution >= 4 is 97.1 Å². The van der Waals surface area contributed by atoms with Gasteiger partial charge in [-0.15, -0.1) is 11.3 Å². The van der Waals surface area contributed by atoms with Crippen molar-refractivity contribution in [2.75, 3.05) is 0 Å². The number of para-hydroxylation sites is 3. The molecular formula is C57H33N5OS. The van der Waals surface area contributed by atoms with Crippen molar-refractivity contribution in [1.29, 1.82) is 0 Å². The van der Waals surface area contributed by atoms with Crippen molar-refractivity contribution in [1.82, 2.24) is 24.1 Å². The molecule has 0 spiro atoms. The molecule has 0 aliphatic rings. The van der Waals surface area contributed by atoms with E-state index in [4.69, 9.17) is 19.4 Å². The Bertz CT molecular complexity index is 4200. The van der Waals surface area contributed by atoms with Crippen molar-refractivity contribution in [3.8, 4) is 45.5 Å². The Morgan fingerprint density at radius 3 is 1.73 bits per heavy atom. The molecule has 0 fully saturated rings. The van der Waals surface area contributed by atoms with Gasteiger partial charge in [-0.2, -0.15) is 9.97 Å². The molecule has 0 N–H and O–H groups in total. The smallest absolute Gasteiger partial charge is 0.238 e. The fourth-order valence-electron chi connectivity index (χ4n) is 10.1. The van der Waals surface area contributed by atoms with Crippen LogP contribution in [0.2, 0.25) is 0 Å². The summed E-state index contributed by atoms with van der Waals surface area (Å²) >= 11 is 1.79. The summed E-state index contributed by atoms with van der Waals surface area (Å²) in [5.41, 5.74) is 11.0. The molecule has 0 atom stereocenters. The third-order valence-corrected chi connectivity index (χ3v) is 13.9. The molecule has 9 aromatic carbocycles. The lowest BCUT2D eigenvalue weighted by Gasteiger charge is -2.15. The van der Waals surface area contributed by atoms with E-state index in [-0.39, 0.29) is 0 Å². The van der Waals surface area contributed by atoms with E-state index in [0.29, 0.717) is 17.6 Å². The van der Waals surface area contributed by atoms with Crippen LogP contribution in [0, 0.1) is 0 Å². The Morgan fingerprint density at radius 1 is 0.375 bits per heavy atom. The predicted octanol–water partition coefficient (Wildman–Crippen LogP) is 15.3. The van der Waals surface area contributed by atoms with E-state index in [1.54, 1.807) is 11.3 Å². The summed E-state index contributed by atoms with van der Waals surface area (Å²) in [5, 5.41) is 9.05. The number of rotatable bonds is 5. The van der Waals surface area contributed by atoms with Crippen molar-refractivity contribution in [2.45, 2.75) is 0 Å². The molecular weight excluding hydrogens is 803 g/mol. The van der Waals surface area contributed by atoms with E-state index in [9.17, 15) is 0 Å². The summed E-state index contributed by atoms with van der Waals surface area (Å²) in [7, 11) is 0. The zero-order chi connectivity index (χ0) is 41.9. The van der Waals surface area contributed by atoms with Gasteiger partial charge < -0.3 is 8.98 Å². The lowest BCUT2D eigenvalue weighted by molar-refractivity contribution is 0.668. The number of hydrogen-bond donors (Lipinski definition) is 0. The Balaban J connectivity index is 1.13. The van der Waals surface area contributed by atoms with Crippen LogP contribution in [-0.4, -0.2) is 24.1 Å². The van der Waals surface area contributed by atoms with Gasteiger partial charge in [-0.1, -0.05) is 158 Å². The van der Waals surface area contributed by atoms with Gasteiger partial charge in [-0.25, -0.2) is 4.98 Å². The molecule has 14 rings (SSSR count). The molecule has 5 aromatic heterocycles. The minimum Gasteiger partial charge on any atom is -0.456 e. The van der Waals surface area contributed by atoms with Gasteiger partial charge in [0, 0.05) is 69.7 Å². The lowest BCUT2D eigenvalue weighted by atomic mass is 9.98. The van der Waals surface area contributed by atoms with E-state index < -0.39 is 0 Å². The first kappa shape index (κ1) is 35.2. The van der Waals surface area contributed by atoms with Gasteiger partial charge in [0.05, 0.1) is 27.8 Å². The van der Waals surface area contributed by atoms with Crippen molar-refractivity contribution in [2.24, 2.45) is 0 Å². The van der Waals surface area contributed by atoms with E-state index in [0.717, 1.165) is 98.9 Å². The minimum absolute atomic E-state index is 0.550. The van der Waals surface area contributed by atoms with Gasteiger partial charge in [-0.3, -0.25) is 4.57 Å². The van der Waals surface area contributed by atoms with Crippen LogP contribution in [0.3, 0.4) is 0 Å². The van der Waals surface area contributed by atoms with Gasteiger partial charge in [0.25, 0.3) is 0 Å². The zero-order valence-electron chi connectivity index (χ0n) is 34.1. The fraction of sp³-hybridized carbons (Fsp3) is 0. The van der Waals surface area contributed by atoms with Crippen molar-refractivity contribution in [3.63, 3.8) is 0 Å². The van der Waals surface area contributed by atoms with E-state index in [1.807, 2.05) is 24.3 Å². The zero-order valence-corrected chi connectivity index (χ0v) is 34.9. The Labute approximate surface area is 369 Å². The SMILES string of the molecule is c1ccc(-c2nc(-c3cccc4sc5ccccc5c34)nc(-n3c4ccccc4c4ccc5c6ccccc6n(-c6cc(-c7ccccc7)c7c(c6)oc6ccccc67)c5c43)n2)cc1. The Morgan fingerprint density at radius 2 is 0.969 bits per heavy atom. The molecule has 0 amide bonds. The third-order valence-electron chi connectivity index (χ3n) is 12.8. The molecule has 5 heterocycles. The number of aromatic nitrogens is 5. The highest BCUT2D eigenvalue weighted by Gasteiger charge is 2.25. The Hall–Kier alpha value is -8.39. The van der Waals surface area contributed by atoms with E-state index in [1.165, 1.54) is 14.8 Å². The molecule has 0 aliphatic carbocycles. The van der Waals surface area contributed by atoms with Crippen LogP contribution in [0.5, 0.6) is 0 Å². The molecule has 7 heteroatoms. The second-order valence-corrected chi connectivity index (χ2v) is 17.4. The maximum Gasteiger partial charge on any atom is 0.238 e. The average molecular weight is 836 g/mol. The monoisotopic (exact) mass is 835 g/mol. The van der Waals surface area contributed by atoms with Crippen LogP contribution in [0.4, 0.5) is 0 Å². The molecule has 298 valence electrons. The van der Waals surface area contributed by atoms with Crippen molar-refractivity contribution in [3.05, 3.63) is 200 Å². The lowest BCUT2D eigenvalue weighted by Crippen LogP contribution is -2.07. The van der Waals surface area contributed by atoms with Crippen LogP contribution in [0.1, 0.15) is 0 Å². The molecule has 0 bridgehead atoms. The highest BCUT2D eigenvalue weighted by atomic mass is 32.1. The highest BCUT2D eigenvalue weighted by Crippen LogP contribution is 2.45. The minimum atomic E-state index is 0.550. The maximum absolute atomic E-state index is 6.72. The molecule has 64 heavy (non-hydrogen) atoms. The largest absolute Gasteiger partial charge is 0.456 e. The summed E-state index contributed by atoms with van der Waals surface area (Å²) < 4.78 is 13.8. The average Bonchev–Trinajstić information content (AvgIpc) is 4.12. The summed E-state index contributed by atoms with van der Waals surface area (Å²) in [6, 6.07) is 70.7. The highest BCUT2D eigenvalue weighted by molar-refractivity contribution is 7.25. The maximum atomic E-state index is 6.72. The molecule has 0 unspecified atom stereocenters. The second-order valence-electron chi connectivity index (χ2n) is 16.3.